The molecular formula is C28H38O19. The lowest BCUT2D eigenvalue weighted by Gasteiger charge is -2.48. The van der Waals surface area contributed by atoms with Crippen LogP contribution in [-0.2, 0) is 90.5 Å². The van der Waals surface area contributed by atoms with Crippen LogP contribution in [0, 0.1) is 0 Å². The molecule has 2 aliphatic heterocycles. The van der Waals surface area contributed by atoms with Gasteiger partial charge >= 0.3 is 47.8 Å². The molecule has 0 amide bonds. The van der Waals surface area contributed by atoms with Gasteiger partial charge in [0, 0.05) is 55.4 Å². The van der Waals surface area contributed by atoms with Gasteiger partial charge in [-0.1, -0.05) is 0 Å². The van der Waals surface area contributed by atoms with Crippen LogP contribution in [0.25, 0.3) is 0 Å². The lowest BCUT2D eigenvalue weighted by molar-refractivity contribution is -0.357. The van der Waals surface area contributed by atoms with Gasteiger partial charge in [0.15, 0.2) is 30.7 Å². The molecular weight excluding hydrogens is 640 g/mol. The Bertz CT molecular complexity index is 1200. The maximum Gasteiger partial charge on any atom is 0.305 e. The molecule has 0 saturated carbocycles. The third-order valence-corrected chi connectivity index (χ3v) is 6.17. The minimum atomic E-state index is -1.83. The molecule has 6 unspecified atom stereocenters. The Balaban J connectivity index is 2.73. The van der Waals surface area contributed by atoms with Crippen LogP contribution in [0.5, 0.6) is 0 Å². The first kappa shape index (κ1) is 38.8. The van der Waals surface area contributed by atoms with Gasteiger partial charge in [-0.2, -0.15) is 0 Å². The highest BCUT2D eigenvalue weighted by atomic mass is 16.8. The summed E-state index contributed by atoms with van der Waals surface area (Å²) in [6.07, 6.45) is -16.3. The molecule has 0 aromatic heterocycles. The Hall–Kier alpha value is -4.36. The second kappa shape index (κ2) is 17.5. The largest absolute Gasteiger partial charge is 0.463 e. The molecule has 0 aliphatic carbocycles. The standard InChI is InChI=1S/C28H38O19/c1-11(29)37-9-19-21(39-13(3)31)23(40-14(4)32)26(43-17(7)35)28(46-19)47-22-20(10-38-12(2)30)45-27(44-18(8)36)25(42-16(6)34)24(22)41-15(5)33/h19-28H,9-10H2,1-8H3/t19?,20?,21-,22+,23?,24?,25?,26?,27+,28-/m0/s1. The first-order chi connectivity index (χ1) is 21.9. The monoisotopic (exact) mass is 678 g/mol. The van der Waals surface area contributed by atoms with E-state index in [0.29, 0.717) is 0 Å². The van der Waals surface area contributed by atoms with E-state index < -0.39 is 122 Å². The van der Waals surface area contributed by atoms with Crippen LogP contribution in [0.3, 0.4) is 0 Å². The van der Waals surface area contributed by atoms with Crippen LogP contribution < -0.4 is 0 Å². The number of carbonyl (C=O) groups excluding carboxylic acids is 8. The highest BCUT2D eigenvalue weighted by molar-refractivity contribution is 5.70. The zero-order valence-corrected chi connectivity index (χ0v) is 26.9. The van der Waals surface area contributed by atoms with E-state index in [-0.39, 0.29) is 0 Å². The Kier molecular flexibility index (Phi) is 14.5. The van der Waals surface area contributed by atoms with Crippen molar-refractivity contribution >= 4 is 47.8 Å². The fraction of sp³-hybridized carbons (Fsp3) is 0.714. The van der Waals surface area contributed by atoms with Crippen molar-refractivity contribution in [2.75, 3.05) is 13.2 Å². The first-order valence-electron chi connectivity index (χ1n) is 14.2. The number of ether oxygens (including phenoxy) is 11. The summed E-state index contributed by atoms with van der Waals surface area (Å²) >= 11 is 0. The van der Waals surface area contributed by atoms with Gasteiger partial charge in [-0.3, -0.25) is 38.4 Å². The van der Waals surface area contributed by atoms with Gasteiger partial charge in [-0.15, -0.1) is 0 Å². The molecule has 0 N–H and O–H groups in total. The molecule has 19 heteroatoms. The van der Waals surface area contributed by atoms with Crippen molar-refractivity contribution in [3.63, 3.8) is 0 Å². The van der Waals surface area contributed by atoms with Crippen molar-refractivity contribution in [3.8, 4) is 0 Å². The molecule has 0 bridgehead atoms. The summed E-state index contributed by atoms with van der Waals surface area (Å²) in [5, 5.41) is 0. The first-order valence-corrected chi connectivity index (χ1v) is 14.2. The number of esters is 8. The predicted molar refractivity (Wildman–Crippen MR) is 145 cm³/mol. The number of rotatable bonds is 12. The highest BCUT2D eigenvalue weighted by Gasteiger charge is 2.58. The van der Waals surface area contributed by atoms with E-state index in [1.54, 1.807) is 0 Å². The van der Waals surface area contributed by atoms with Crippen molar-refractivity contribution in [1.29, 1.82) is 0 Å². The van der Waals surface area contributed by atoms with Crippen LogP contribution in [0.4, 0.5) is 0 Å². The normalized spacial score (nSPS) is 30.0. The fourth-order valence-corrected chi connectivity index (χ4v) is 4.73. The summed E-state index contributed by atoms with van der Waals surface area (Å²) in [6.45, 7) is 7.05. The summed E-state index contributed by atoms with van der Waals surface area (Å²) in [7, 11) is 0. The molecule has 47 heavy (non-hydrogen) atoms. The van der Waals surface area contributed by atoms with Gasteiger partial charge in [0.1, 0.15) is 31.5 Å². The highest BCUT2D eigenvalue weighted by Crippen LogP contribution is 2.35. The van der Waals surface area contributed by atoms with E-state index in [4.69, 9.17) is 52.1 Å². The van der Waals surface area contributed by atoms with E-state index in [9.17, 15) is 38.4 Å². The Morgan fingerprint density at radius 1 is 0.383 bits per heavy atom. The molecule has 2 aliphatic rings. The zero-order valence-electron chi connectivity index (χ0n) is 26.9. The molecule has 19 nitrogen and oxygen atoms in total. The molecule has 2 rings (SSSR count). The second-order valence-corrected chi connectivity index (χ2v) is 10.3. The molecule has 10 atom stereocenters. The minimum absolute atomic E-state index is 0.590. The molecule has 2 saturated heterocycles. The quantitative estimate of drug-likeness (QED) is 0.181. The van der Waals surface area contributed by atoms with Gasteiger partial charge in [0.2, 0.25) is 12.4 Å². The van der Waals surface area contributed by atoms with Crippen molar-refractivity contribution in [3.05, 3.63) is 0 Å². The van der Waals surface area contributed by atoms with E-state index >= 15 is 0 Å². The van der Waals surface area contributed by atoms with E-state index in [2.05, 4.69) is 0 Å². The van der Waals surface area contributed by atoms with Crippen LogP contribution in [0.1, 0.15) is 55.4 Å². The third-order valence-electron chi connectivity index (χ3n) is 6.17. The van der Waals surface area contributed by atoms with Crippen LogP contribution in [0.15, 0.2) is 0 Å². The lowest BCUT2D eigenvalue weighted by atomic mass is 9.96. The average molecular weight is 679 g/mol. The topological polar surface area (TPSA) is 238 Å². The maximum absolute atomic E-state index is 12.3. The van der Waals surface area contributed by atoms with Gasteiger partial charge in [-0.25, -0.2) is 0 Å². The number of carbonyl (C=O) groups is 8. The average Bonchev–Trinajstić information content (AvgIpc) is 2.91. The van der Waals surface area contributed by atoms with Gasteiger partial charge < -0.3 is 52.1 Å². The van der Waals surface area contributed by atoms with E-state index in [1.807, 2.05) is 0 Å². The summed E-state index contributed by atoms with van der Waals surface area (Å²) in [6, 6.07) is 0. The van der Waals surface area contributed by atoms with Crippen LogP contribution >= 0.6 is 0 Å². The number of hydrogen-bond acceptors (Lipinski definition) is 19. The molecule has 2 heterocycles. The minimum Gasteiger partial charge on any atom is -0.463 e. The van der Waals surface area contributed by atoms with Crippen molar-refractivity contribution in [2.24, 2.45) is 0 Å². The molecule has 0 aromatic rings. The van der Waals surface area contributed by atoms with Crippen LogP contribution in [0.2, 0.25) is 0 Å². The predicted octanol–water partition coefficient (Wildman–Crippen LogP) is -0.831. The molecule has 0 spiro atoms. The van der Waals surface area contributed by atoms with Crippen molar-refractivity contribution in [1.82, 2.24) is 0 Å². The fourth-order valence-electron chi connectivity index (χ4n) is 4.73. The zero-order chi connectivity index (χ0) is 35.6. The summed E-state index contributed by atoms with van der Waals surface area (Å²) in [5.41, 5.74) is 0. The van der Waals surface area contributed by atoms with E-state index in [1.165, 1.54) is 0 Å². The Morgan fingerprint density at radius 2 is 0.702 bits per heavy atom. The summed E-state index contributed by atoms with van der Waals surface area (Å²) < 4.78 is 60.2. The van der Waals surface area contributed by atoms with E-state index in [0.717, 1.165) is 55.4 Å². The maximum atomic E-state index is 12.3. The summed E-state index contributed by atoms with van der Waals surface area (Å²) in [5.74, 6) is -7.02. The van der Waals surface area contributed by atoms with Gasteiger partial charge in [0.25, 0.3) is 0 Å². The van der Waals surface area contributed by atoms with Gasteiger partial charge in [0.05, 0.1) is 0 Å². The summed E-state index contributed by atoms with van der Waals surface area (Å²) in [4.78, 5) is 96.3. The van der Waals surface area contributed by atoms with Crippen LogP contribution in [-0.4, -0.2) is 122 Å². The molecule has 0 radical (unpaired) electrons. The lowest BCUT2D eigenvalue weighted by Crippen LogP contribution is -2.67. The van der Waals surface area contributed by atoms with Gasteiger partial charge in [-0.05, 0) is 0 Å². The molecule has 264 valence electrons. The molecule has 2 fully saturated rings. The van der Waals surface area contributed by atoms with Crippen molar-refractivity contribution in [2.45, 2.75) is 117 Å². The van der Waals surface area contributed by atoms with Crippen molar-refractivity contribution < 1.29 is 90.5 Å². The molecule has 0 aromatic carbocycles. The second-order valence-electron chi connectivity index (χ2n) is 10.3. The Labute approximate surface area is 268 Å². The SMILES string of the molecule is CC(=O)OCC1O[C@@H](OC(C)=O)C(OC(C)=O)C(OC(C)=O)[C@@H]1O[C@@H]1OC(COC(C)=O)[C@H](OC(C)=O)C(OC(C)=O)C1OC(C)=O. The smallest absolute Gasteiger partial charge is 0.305 e. The third kappa shape index (κ3) is 12.1. The Morgan fingerprint density at radius 3 is 1.11 bits per heavy atom. The number of hydrogen-bond donors (Lipinski definition) is 0.